The van der Waals surface area contributed by atoms with Gasteiger partial charge in [0.15, 0.2) is 10.9 Å². The van der Waals surface area contributed by atoms with Gasteiger partial charge in [-0.3, -0.25) is 4.68 Å². The van der Waals surface area contributed by atoms with Crippen LogP contribution in [0.4, 0.5) is 10.8 Å². The van der Waals surface area contributed by atoms with Gasteiger partial charge in [0.25, 0.3) is 0 Å². The minimum absolute atomic E-state index is 0.288. The van der Waals surface area contributed by atoms with Crippen molar-refractivity contribution in [2.45, 2.75) is 13.5 Å². The predicted octanol–water partition coefficient (Wildman–Crippen LogP) is 7.63. The second kappa shape index (κ2) is 11.1. The van der Waals surface area contributed by atoms with Crippen molar-refractivity contribution in [1.82, 2.24) is 9.78 Å². The zero-order valence-electron chi connectivity index (χ0n) is 18.6. The second-order valence-corrected chi connectivity index (χ2v) is 10.7. The minimum Gasteiger partial charge on any atom is -0.465 e. The summed E-state index contributed by atoms with van der Waals surface area (Å²) in [7, 11) is 1.36. The number of carbonyl (C=O) groups excluding carboxylic acids is 1. The van der Waals surface area contributed by atoms with E-state index in [2.05, 4.69) is 31.7 Å². The third-order valence-electron chi connectivity index (χ3n) is 5.04. The van der Waals surface area contributed by atoms with Crippen molar-refractivity contribution in [3.8, 4) is 11.1 Å². The van der Waals surface area contributed by atoms with Crippen molar-refractivity contribution < 1.29 is 9.53 Å². The number of esters is 1. The standard InChI is InChI=1S/C24H19BrCl2N4O2S2/c1-13-19(15-6-4-3-5-7-15)20(23(32)33-2)22(35-13)29-24(34)28-21-16(25)12-31(30-21)11-14-8-9-17(26)18(27)10-14/h3-10,12H,11H2,1-2H3,(H2,28,29,30,34). The molecule has 0 bridgehead atoms. The third kappa shape index (κ3) is 5.87. The highest BCUT2D eigenvalue weighted by Gasteiger charge is 2.24. The molecule has 2 N–H and O–H groups in total. The number of aryl methyl sites for hydroxylation is 1. The molecule has 2 aromatic heterocycles. The van der Waals surface area contributed by atoms with E-state index < -0.39 is 5.97 Å². The van der Waals surface area contributed by atoms with Gasteiger partial charge in [0.2, 0.25) is 0 Å². The highest BCUT2D eigenvalue weighted by molar-refractivity contribution is 9.10. The molecular weight excluding hydrogens is 591 g/mol. The first-order valence-electron chi connectivity index (χ1n) is 10.3. The molecule has 0 aliphatic rings. The average Bonchev–Trinajstić information content (AvgIpc) is 3.34. The molecule has 4 aromatic rings. The summed E-state index contributed by atoms with van der Waals surface area (Å²) < 4.78 is 7.54. The van der Waals surface area contributed by atoms with E-state index >= 15 is 0 Å². The molecule has 0 aliphatic carbocycles. The van der Waals surface area contributed by atoms with E-state index in [4.69, 9.17) is 40.2 Å². The molecule has 0 unspecified atom stereocenters. The number of ether oxygens (including phenoxy) is 1. The molecule has 0 radical (unpaired) electrons. The minimum atomic E-state index is -0.439. The van der Waals surface area contributed by atoms with E-state index in [9.17, 15) is 4.79 Å². The Kier molecular flexibility index (Phi) is 8.13. The fourth-order valence-corrected chi connectivity index (χ4v) is 5.58. The second-order valence-electron chi connectivity index (χ2n) is 7.45. The molecule has 4 rings (SSSR count). The van der Waals surface area contributed by atoms with Crippen LogP contribution in [-0.4, -0.2) is 28.0 Å². The lowest BCUT2D eigenvalue weighted by atomic mass is 10.0. The number of aromatic nitrogens is 2. The lowest BCUT2D eigenvalue weighted by molar-refractivity contribution is 0.0603. The monoisotopic (exact) mass is 608 g/mol. The fourth-order valence-electron chi connectivity index (χ4n) is 3.51. The van der Waals surface area contributed by atoms with E-state index in [0.717, 1.165) is 26.0 Å². The van der Waals surface area contributed by atoms with Crippen molar-refractivity contribution in [1.29, 1.82) is 0 Å². The smallest absolute Gasteiger partial charge is 0.341 e. The Morgan fingerprint density at radius 1 is 1.17 bits per heavy atom. The van der Waals surface area contributed by atoms with Gasteiger partial charge in [-0.15, -0.1) is 11.3 Å². The number of thiocarbonyl (C=S) groups is 1. The number of nitrogens with one attached hydrogen (secondary N) is 2. The van der Waals surface area contributed by atoms with Crippen molar-refractivity contribution >= 4 is 84.6 Å². The maximum Gasteiger partial charge on any atom is 0.341 e. The number of rotatable bonds is 6. The quantitative estimate of drug-likeness (QED) is 0.173. The Hall–Kier alpha value is -2.43. The maximum atomic E-state index is 12.7. The van der Waals surface area contributed by atoms with Crippen molar-refractivity contribution in [2.24, 2.45) is 0 Å². The lowest BCUT2D eigenvalue weighted by Crippen LogP contribution is -2.20. The van der Waals surface area contributed by atoms with Crippen LogP contribution in [0.3, 0.4) is 0 Å². The van der Waals surface area contributed by atoms with E-state index in [0.29, 0.717) is 33.0 Å². The molecule has 0 spiro atoms. The van der Waals surface area contributed by atoms with Gasteiger partial charge in [-0.25, -0.2) is 4.79 Å². The average molecular weight is 610 g/mol. The van der Waals surface area contributed by atoms with E-state index in [1.807, 2.05) is 49.5 Å². The van der Waals surface area contributed by atoms with Gasteiger partial charge >= 0.3 is 5.97 Å². The van der Waals surface area contributed by atoms with E-state index in [1.165, 1.54) is 18.4 Å². The van der Waals surface area contributed by atoms with Crippen molar-refractivity contribution in [3.05, 3.63) is 85.2 Å². The van der Waals surface area contributed by atoms with Crippen LogP contribution >= 0.6 is 62.7 Å². The van der Waals surface area contributed by atoms with Gasteiger partial charge in [0.1, 0.15) is 10.6 Å². The molecule has 0 atom stereocenters. The zero-order valence-corrected chi connectivity index (χ0v) is 23.3. The Morgan fingerprint density at radius 2 is 1.91 bits per heavy atom. The van der Waals surface area contributed by atoms with Crippen molar-refractivity contribution in [2.75, 3.05) is 17.7 Å². The molecular formula is C24H19BrCl2N4O2S2. The van der Waals surface area contributed by atoms with Crippen LogP contribution in [0.1, 0.15) is 20.8 Å². The number of nitrogens with zero attached hydrogens (tertiary/aromatic N) is 2. The molecule has 0 fully saturated rings. The Bertz CT molecular complexity index is 1410. The molecule has 11 heteroatoms. The summed E-state index contributed by atoms with van der Waals surface area (Å²) in [6, 6.07) is 15.1. The first kappa shape index (κ1) is 25.7. The SMILES string of the molecule is COC(=O)c1c(NC(=S)Nc2nn(Cc3ccc(Cl)c(Cl)c3)cc2Br)sc(C)c1-c1ccccc1. The molecule has 0 saturated carbocycles. The number of hydrogen-bond acceptors (Lipinski definition) is 5. The topological polar surface area (TPSA) is 68.2 Å². The molecule has 180 valence electrons. The van der Waals surface area contributed by atoms with Gasteiger partial charge in [-0.1, -0.05) is 59.6 Å². The highest BCUT2D eigenvalue weighted by atomic mass is 79.9. The Balaban J connectivity index is 1.54. The summed E-state index contributed by atoms with van der Waals surface area (Å²) in [5, 5.41) is 12.6. The molecule has 35 heavy (non-hydrogen) atoms. The van der Waals surface area contributed by atoms with Crippen LogP contribution in [-0.2, 0) is 11.3 Å². The van der Waals surface area contributed by atoms with Crippen molar-refractivity contribution in [3.63, 3.8) is 0 Å². The maximum absolute atomic E-state index is 12.7. The van der Waals surface area contributed by atoms with Gasteiger partial charge < -0.3 is 15.4 Å². The van der Waals surface area contributed by atoms with Crippen LogP contribution in [0.5, 0.6) is 0 Å². The summed E-state index contributed by atoms with van der Waals surface area (Å²) in [6.07, 6.45) is 1.83. The molecule has 2 aromatic carbocycles. The molecule has 0 aliphatic heterocycles. The first-order chi connectivity index (χ1) is 16.8. The van der Waals surface area contributed by atoms with Crippen LogP contribution in [0, 0.1) is 6.92 Å². The Labute approximate surface area is 230 Å². The van der Waals surface area contributed by atoms with Gasteiger partial charge in [0.05, 0.1) is 28.2 Å². The Morgan fingerprint density at radius 3 is 2.60 bits per heavy atom. The fraction of sp³-hybridized carbons (Fsp3) is 0.125. The number of thiophene rings is 1. The highest BCUT2D eigenvalue weighted by Crippen LogP contribution is 2.40. The summed E-state index contributed by atoms with van der Waals surface area (Å²) in [4.78, 5) is 13.7. The van der Waals surface area contributed by atoms with Crippen LogP contribution in [0.2, 0.25) is 10.0 Å². The zero-order chi connectivity index (χ0) is 25.1. The largest absolute Gasteiger partial charge is 0.465 e. The first-order valence-corrected chi connectivity index (χ1v) is 13.1. The van der Waals surface area contributed by atoms with E-state index in [-0.39, 0.29) is 5.11 Å². The lowest BCUT2D eigenvalue weighted by Gasteiger charge is -2.10. The van der Waals surface area contributed by atoms with E-state index in [1.54, 1.807) is 16.8 Å². The molecule has 2 heterocycles. The third-order valence-corrected chi connectivity index (χ3v) is 7.58. The number of hydrogen-bond donors (Lipinski definition) is 2. The van der Waals surface area contributed by atoms with Gasteiger partial charge in [-0.2, -0.15) is 5.10 Å². The van der Waals surface area contributed by atoms with Crippen LogP contribution < -0.4 is 10.6 Å². The van der Waals surface area contributed by atoms with Crippen LogP contribution in [0.25, 0.3) is 11.1 Å². The van der Waals surface area contributed by atoms with Gasteiger partial charge in [-0.05, 0) is 58.3 Å². The van der Waals surface area contributed by atoms with Gasteiger partial charge in [0, 0.05) is 16.6 Å². The molecule has 0 saturated heterocycles. The summed E-state index contributed by atoms with van der Waals surface area (Å²) in [6.45, 7) is 2.46. The normalized spacial score (nSPS) is 10.8. The number of carbonyl (C=O) groups is 1. The number of halogens is 3. The summed E-state index contributed by atoms with van der Waals surface area (Å²) in [5.74, 6) is 0.0873. The number of benzene rings is 2. The molecule has 6 nitrogen and oxygen atoms in total. The predicted molar refractivity (Wildman–Crippen MR) is 151 cm³/mol. The number of anilines is 2. The number of methoxy groups -OCH3 is 1. The summed E-state index contributed by atoms with van der Waals surface area (Å²) >= 11 is 22.6. The summed E-state index contributed by atoms with van der Waals surface area (Å²) in [5.41, 5.74) is 3.14. The van der Waals surface area contributed by atoms with Crippen LogP contribution in [0.15, 0.2) is 59.2 Å². The molecule has 0 amide bonds.